The Morgan fingerprint density at radius 3 is 2.65 bits per heavy atom. The van der Waals surface area contributed by atoms with Gasteiger partial charge in [-0.05, 0) is 55.5 Å². The van der Waals surface area contributed by atoms with Crippen LogP contribution in [0.15, 0.2) is 59.8 Å². The van der Waals surface area contributed by atoms with E-state index in [1.54, 1.807) is 24.0 Å². The van der Waals surface area contributed by atoms with E-state index in [1.807, 2.05) is 29.8 Å². The quantitative estimate of drug-likeness (QED) is 0.291. The molecular weight excluding hydrogens is 594 g/mol. The maximum absolute atomic E-state index is 14.0. The minimum Gasteiger partial charge on any atom is -0.365 e. The van der Waals surface area contributed by atoms with Crippen molar-refractivity contribution in [2.45, 2.75) is 43.8 Å². The number of halogens is 1. The number of urea groups is 1. The second-order valence-electron chi connectivity index (χ2n) is 10.6. The zero-order chi connectivity index (χ0) is 30.4. The number of likely N-dealkylation sites (tertiary alicyclic amines) is 1. The summed E-state index contributed by atoms with van der Waals surface area (Å²) in [5, 5.41) is 10.2. The van der Waals surface area contributed by atoms with Crippen molar-refractivity contribution in [1.82, 2.24) is 29.5 Å². The van der Waals surface area contributed by atoms with Crippen LogP contribution in [-0.4, -0.2) is 59.5 Å². The molecule has 14 heteroatoms. The lowest BCUT2D eigenvalue weighted by Gasteiger charge is -2.39. The molecule has 0 atom stereocenters. The van der Waals surface area contributed by atoms with Crippen LogP contribution in [-0.2, 0) is 27.0 Å². The van der Waals surface area contributed by atoms with E-state index in [9.17, 15) is 18.0 Å². The molecule has 0 radical (unpaired) electrons. The molecule has 43 heavy (non-hydrogen) atoms. The Kier molecular flexibility index (Phi) is 7.48. The number of nitrogens with one attached hydrogen (secondary N) is 3. The van der Waals surface area contributed by atoms with E-state index >= 15 is 0 Å². The molecule has 6 rings (SSSR count). The number of hydrogen-bond acceptors (Lipinski definition) is 8. The van der Waals surface area contributed by atoms with Gasteiger partial charge in [0.25, 0.3) is 15.9 Å². The molecule has 0 bridgehead atoms. The van der Waals surface area contributed by atoms with Crippen molar-refractivity contribution in [3.8, 4) is 0 Å². The predicted octanol–water partition coefficient (Wildman–Crippen LogP) is 4.10. The number of piperidine rings is 1. The largest absolute Gasteiger partial charge is 0.365 e. The summed E-state index contributed by atoms with van der Waals surface area (Å²) in [5.41, 5.74) is 3.44. The molecule has 4 heterocycles. The predicted molar refractivity (Wildman–Crippen MR) is 160 cm³/mol. The van der Waals surface area contributed by atoms with Crippen LogP contribution in [0.5, 0.6) is 0 Å². The van der Waals surface area contributed by atoms with Crippen molar-refractivity contribution < 1.29 is 22.7 Å². The summed E-state index contributed by atoms with van der Waals surface area (Å²) in [5.74, 6) is -0.119. The number of carbonyl (C=O) groups is 2. The number of carbonyl (C=O) groups excluding carboxylic acids is 2. The lowest BCUT2D eigenvalue weighted by atomic mass is 9.83. The fraction of sp³-hybridized carbons (Fsp3) is 0.310. The van der Waals surface area contributed by atoms with E-state index in [1.165, 1.54) is 21.8 Å². The van der Waals surface area contributed by atoms with Gasteiger partial charge in [0.2, 0.25) is 0 Å². The molecule has 0 saturated carbocycles. The number of aryl methyl sites for hydroxylation is 1. The van der Waals surface area contributed by atoms with Crippen molar-refractivity contribution in [1.29, 1.82) is 0 Å². The van der Waals surface area contributed by atoms with Crippen molar-refractivity contribution in [3.63, 3.8) is 0 Å². The van der Waals surface area contributed by atoms with E-state index in [0.29, 0.717) is 43.2 Å². The highest BCUT2D eigenvalue weighted by Crippen LogP contribution is 2.44. The van der Waals surface area contributed by atoms with Gasteiger partial charge >= 0.3 is 6.03 Å². The molecule has 12 nitrogen and oxygen atoms in total. The summed E-state index contributed by atoms with van der Waals surface area (Å²) >= 11 is 6.49. The normalized spacial score (nSPS) is 15.8. The summed E-state index contributed by atoms with van der Waals surface area (Å²) in [4.78, 5) is 31.8. The summed E-state index contributed by atoms with van der Waals surface area (Å²) in [7, 11) is -4.33. The molecule has 4 aromatic rings. The third-order valence-corrected chi connectivity index (χ3v) is 9.47. The maximum atomic E-state index is 14.0. The van der Waals surface area contributed by atoms with Gasteiger partial charge in [0.05, 0.1) is 29.1 Å². The average molecular weight is 624 g/mol. The van der Waals surface area contributed by atoms with Crippen LogP contribution in [0, 0.1) is 6.92 Å². The van der Waals surface area contributed by atoms with Gasteiger partial charge in [0, 0.05) is 25.8 Å². The van der Waals surface area contributed by atoms with Crippen LogP contribution in [0.2, 0.25) is 5.02 Å². The lowest BCUT2D eigenvalue weighted by Crippen LogP contribution is -2.45. The summed E-state index contributed by atoms with van der Waals surface area (Å²) in [6.45, 7) is 5.25. The van der Waals surface area contributed by atoms with Crippen LogP contribution in [0.4, 0.5) is 16.3 Å². The highest BCUT2D eigenvalue weighted by atomic mass is 35.5. The Hall–Kier alpha value is -4.20. The van der Waals surface area contributed by atoms with Gasteiger partial charge in [-0.1, -0.05) is 41.9 Å². The van der Waals surface area contributed by atoms with E-state index < -0.39 is 21.7 Å². The second-order valence-corrected chi connectivity index (χ2v) is 12.6. The second kappa shape index (κ2) is 11.1. The number of rotatable bonds is 6. The standard InChI is InChI=1S/C29H30ClN7O5S/c1-3-31-28(39)35-43(40,41)24-16-33-37-25(34-23-14-18(2)8-9-22(23)30)20(15-32-26(24)37)27(38)36-12-10-29(11-13-36)21-7-5-4-6-19(21)17-42-29/h4-9,14-16,34H,3,10-13,17H2,1-2H3,(H2,31,35,39). The molecule has 2 aromatic heterocycles. The van der Waals surface area contributed by atoms with Crippen molar-refractivity contribution >= 4 is 50.7 Å². The van der Waals surface area contributed by atoms with Gasteiger partial charge in [-0.25, -0.2) is 22.9 Å². The Bertz CT molecular complexity index is 1850. The molecule has 224 valence electrons. The van der Waals surface area contributed by atoms with Gasteiger partial charge in [-0.3, -0.25) is 4.79 Å². The molecule has 2 aromatic carbocycles. The minimum atomic E-state index is -4.33. The minimum absolute atomic E-state index is 0.0758. The molecule has 3 amide bonds. The van der Waals surface area contributed by atoms with Crippen LogP contribution in [0.25, 0.3) is 5.65 Å². The number of anilines is 2. The first kappa shape index (κ1) is 28.9. The number of benzene rings is 2. The molecule has 0 unspecified atom stereocenters. The van der Waals surface area contributed by atoms with E-state index in [0.717, 1.165) is 11.8 Å². The van der Waals surface area contributed by atoms with Gasteiger partial charge in [-0.15, -0.1) is 0 Å². The SMILES string of the molecule is CCNC(=O)NS(=O)(=O)c1cnn2c(Nc3cc(C)ccc3Cl)c(C(=O)N3CCC4(CC3)OCc3ccccc34)cnc12. The zero-order valence-corrected chi connectivity index (χ0v) is 25.1. The summed E-state index contributed by atoms with van der Waals surface area (Å²) < 4.78 is 35.5. The highest BCUT2D eigenvalue weighted by Gasteiger charge is 2.43. The first-order chi connectivity index (χ1) is 20.6. The number of nitrogens with zero attached hydrogens (tertiary/aromatic N) is 4. The number of hydrogen-bond donors (Lipinski definition) is 3. The van der Waals surface area contributed by atoms with Crippen LogP contribution in [0.3, 0.4) is 0 Å². The van der Waals surface area contributed by atoms with Crippen LogP contribution >= 0.6 is 11.6 Å². The fourth-order valence-electron chi connectivity index (χ4n) is 5.65. The topological polar surface area (TPSA) is 147 Å². The van der Waals surface area contributed by atoms with Gasteiger partial charge in [0.1, 0.15) is 11.4 Å². The first-order valence-corrected chi connectivity index (χ1v) is 15.7. The number of amides is 3. The molecular formula is C29H30ClN7O5S. The van der Waals surface area contributed by atoms with Crippen LogP contribution in [0.1, 0.15) is 46.8 Å². The Labute approximate surface area is 253 Å². The molecule has 0 aliphatic carbocycles. The zero-order valence-electron chi connectivity index (χ0n) is 23.6. The van der Waals surface area contributed by atoms with Crippen molar-refractivity contribution in [3.05, 3.63) is 82.1 Å². The number of sulfonamides is 1. The van der Waals surface area contributed by atoms with Crippen molar-refractivity contribution in [2.24, 2.45) is 0 Å². The molecule has 2 aliphatic rings. The van der Waals surface area contributed by atoms with Crippen molar-refractivity contribution in [2.75, 3.05) is 25.0 Å². The Morgan fingerprint density at radius 2 is 1.88 bits per heavy atom. The first-order valence-electron chi connectivity index (χ1n) is 13.8. The average Bonchev–Trinajstić information content (AvgIpc) is 3.58. The van der Waals surface area contributed by atoms with Gasteiger partial charge < -0.3 is 20.3 Å². The number of aromatic nitrogens is 3. The van der Waals surface area contributed by atoms with E-state index in [2.05, 4.69) is 32.8 Å². The number of fused-ring (bicyclic) bond motifs is 3. The monoisotopic (exact) mass is 623 g/mol. The highest BCUT2D eigenvalue weighted by molar-refractivity contribution is 7.90. The fourth-order valence-corrected chi connectivity index (χ4v) is 6.81. The van der Waals surface area contributed by atoms with Gasteiger partial charge in [0.15, 0.2) is 10.5 Å². The third kappa shape index (κ3) is 5.28. The summed E-state index contributed by atoms with van der Waals surface area (Å²) in [6.07, 6.45) is 3.67. The molecule has 1 fully saturated rings. The number of ether oxygens (including phenoxy) is 1. The van der Waals surface area contributed by atoms with Gasteiger partial charge in [-0.2, -0.15) is 9.61 Å². The van der Waals surface area contributed by atoms with E-state index in [-0.39, 0.29) is 34.4 Å². The van der Waals surface area contributed by atoms with E-state index in [4.69, 9.17) is 16.3 Å². The molecule has 1 spiro atoms. The molecule has 2 aliphatic heterocycles. The molecule has 3 N–H and O–H groups in total. The molecule has 1 saturated heterocycles. The Morgan fingerprint density at radius 1 is 1.12 bits per heavy atom. The van der Waals surface area contributed by atoms with Crippen LogP contribution < -0.4 is 15.4 Å². The Balaban J connectivity index is 1.36. The lowest BCUT2D eigenvalue weighted by molar-refractivity contribution is -0.0741. The summed E-state index contributed by atoms with van der Waals surface area (Å²) in [6, 6.07) is 12.7. The smallest absolute Gasteiger partial charge is 0.328 e. The third-order valence-electron chi connectivity index (χ3n) is 7.82. The maximum Gasteiger partial charge on any atom is 0.328 e.